The molecule has 0 spiro atoms. The minimum Gasteiger partial charge on any atom is -0.385 e. The molecule has 2 heterocycles. The maximum atomic E-state index is 6.18. The third-order valence-corrected chi connectivity index (χ3v) is 4.09. The van der Waals surface area contributed by atoms with Crippen LogP contribution in [0.3, 0.4) is 0 Å². The predicted octanol–water partition coefficient (Wildman–Crippen LogP) is 4.24. The van der Waals surface area contributed by atoms with Crippen LogP contribution >= 0.6 is 11.6 Å². The fourth-order valence-corrected chi connectivity index (χ4v) is 2.97. The number of H-pyrrole nitrogens is 1. The molecule has 4 rings (SSSR count). The average Bonchev–Trinajstić information content (AvgIpc) is 2.92. The lowest BCUT2D eigenvalue weighted by atomic mass is 10.0. The lowest BCUT2D eigenvalue weighted by Crippen LogP contribution is -2.11. The van der Waals surface area contributed by atoms with Gasteiger partial charge in [-0.3, -0.25) is 0 Å². The molecule has 0 bridgehead atoms. The Bertz CT molecular complexity index is 792. The molecule has 0 saturated heterocycles. The summed E-state index contributed by atoms with van der Waals surface area (Å²) in [7, 11) is 0. The smallest absolute Gasteiger partial charge is 0.138 e. The van der Waals surface area contributed by atoms with Gasteiger partial charge in [0.15, 0.2) is 0 Å². The fourth-order valence-electron chi connectivity index (χ4n) is 2.76. The normalized spacial score (nSPS) is 14.1. The van der Waals surface area contributed by atoms with E-state index in [1.54, 1.807) is 0 Å². The van der Waals surface area contributed by atoms with E-state index in [4.69, 9.17) is 11.6 Å². The van der Waals surface area contributed by atoms with Crippen molar-refractivity contribution in [2.24, 2.45) is 0 Å². The van der Waals surface area contributed by atoms with Gasteiger partial charge in [0.25, 0.3) is 0 Å². The fraction of sp³-hybridized carbons (Fsp3) is 0.188. The highest BCUT2D eigenvalue weighted by Gasteiger charge is 2.12. The van der Waals surface area contributed by atoms with Gasteiger partial charge in [-0.05, 0) is 48.7 Å². The van der Waals surface area contributed by atoms with Gasteiger partial charge in [0.1, 0.15) is 11.3 Å². The van der Waals surface area contributed by atoms with Gasteiger partial charge < -0.3 is 10.3 Å². The Morgan fingerprint density at radius 2 is 2.10 bits per heavy atom. The number of para-hydroxylation sites is 1. The Hall–Kier alpha value is -2.00. The Balaban J connectivity index is 1.84. The first-order chi connectivity index (χ1) is 9.81. The van der Waals surface area contributed by atoms with E-state index >= 15 is 0 Å². The van der Waals surface area contributed by atoms with E-state index < -0.39 is 0 Å². The number of hydrogen-bond acceptors (Lipinski definition) is 2. The van der Waals surface area contributed by atoms with Gasteiger partial charge in [-0.15, -0.1) is 0 Å². The van der Waals surface area contributed by atoms with E-state index in [1.807, 2.05) is 18.2 Å². The van der Waals surface area contributed by atoms with Gasteiger partial charge in [0.2, 0.25) is 0 Å². The molecule has 0 fully saturated rings. The number of hydrogen-bond donors (Lipinski definition) is 2. The SMILES string of the molecule is Clc1cccc2[nH]c(-c3ccc4c(c3)CCCN4)nc12. The molecule has 0 atom stereocenters. The van der Waals surface area contributed by atoms with Crippen molar-refractivity contribution < 1.29 is 0 Å². The van der Waals surface area contributed by atoms with Crippen molar-refractivity contribution in [1.82, 2.24) is 9.97 Å². The Morgan fingerprint density at radius 3 is 3.00 bits per heavy atom. The lowest BCUT2D eigenvalue weighted by Gasteiger charge is -2.18. The summed E-state index contributed by atoms with van der Waals surface area (Å²) in [6, 6.07) is 12.3. The molecule has 1 aromatic heterocycles. The molecule has 0 aliphatic carbocycles. The minimum absolute atomic E-state index is 0.685. The van der Waals surface area contributed by atoms with E-state index in [-0.39, 0.29) is 0 Å². The second kappa shape index (κ2) is 4.53. The van der Waals surface area contributed by atoms with E-state index in [1.165, 1.54) is 17.7 Å². The second-order valence-electron chi connectivity index (χ2n) is 5.12. The second-order valence-corrected chi connectivity index (χ2v) is 5.53. The molecule has 4 heteroatoms. The molecule has 2 aromatic carbocycles. The number of nitrogens with zero attached hydrogens (tertiary/aromatic N) is 1. The Morgan fingerprint density at radius 1 is 1.15 bits per heavy atom. The van der Waals surface area contributed by atoms with Crippen LogP contribution in [-0.2, 0) is 6.42 Å². The third kappa shape index (κ3) is 1.86. The third-order valence-electron chi connectivity index (χ3n) is 3.78. The monoisotopic (exact) mass is 283 g/mol. The standard InChI is InChI=1S/C16H14ClN3/c17-12-4-1-5-14-15(12)20-16(19-14)11-6-7-13-10(9-11)3-2-8-18-13/h1,4-7,9,18H,2-3,8H2,(H,19,20). The van der Waals surface area contributed by atoms with Gasteiger partial charge in [-0.2, -0.15) is 0 Å². The van der Waals surface area contributed by atoms with Crippen LogP contribution in [0, 0.1) is 0 Å². The molecule has 0 saturated carbocycles. The average molecular weight is 284 g/mol. The van der Waals surface area contributed by atoms with E-state index in [2.05, 4.69) is 33.5 Å². The van der Waals surface area contributed by atoms with Crippen LogP contribution in [0.2, 0.25) is 5.02 Å². The number of anilines is 1. The zero-order chi connectivity index (χ0) is 13.5. The van der Waals surface area contributed by atoms with Crippen molar-refractivity contribution in [2.45, 2.75) is 12.8 Å². The zero-order valence-electron chi connectivity index (χ0n) is 10.9. The number of imidazole rings is 1. The molecular formula is C16H14ClN3. The zero-order valence-corrected chi connectivity index (χ0v) is 11.7. The summed E-state index contributed by atoms with van der Waals surface area (Å²) < 4.78 is 0. The summed E-state index contributed by atoms with van der Waals surface area (Å²) >= 11 is 6.18. The van der Waals surface area contributed by atoms with Crippen molar-refractivity contribution in [2.75, 3.05) is 11.9 Å². The van der Waals surface area contributed by atoms with Crippen LogP contribution in [-0.4, -0.2) is 16.5 Å². The number of aryl methyl sites for hydroxylation is 1. The maximum Gasteiger partial charge on any atom is 0.138 e. The highest BCUT2D eigenvalue weighted by atomic mass is 35.5. The van der Waals surface area contributed by atoms with Crippen LogP contribution in [0.4, 0.5) is 5.69 Å². The first kappa shape index (κ1) is 11.8. The van der Waals surface area contributed by atoms with Crippen LogP contribution in [0.15, 0.2) is 36.4 Å². The molecule has 1 aliphatic rings. The maximum absolute atomic E-state index is 6.18. The summed E-state index contributed by atoms with van der Waals surface area (Å²) in [5.74, 6) is 0.876. The molecule has 20 heavy (non-hydrogen) atoms. The Labute approximate surface area is 122 Å². The van der Waals surface area contributed by atoms with Crippen molar-refractivity contribution >= 4 is 28.3 Å². The predicted molar refractivity (Wildman–Crippen MR) is 83.4 cm³/mol. The molecular weight excluding hydrogens is 270 g/mol. The van der Waals surface area contributed by atoms with E-state index in [0.717, 1.165) is 35.4 Å². The lowest BCUT2D eigenvalue weighted by molar-refractivity contribution is 0.830. The topological polar surface area (TPSA) is 40.7 Å². The minimum atomic E-state index is 0.685. The van der Waals surface area contributed by atoms with Crippen molar-refractivity contribution in [3.8, 4) is 11.4 Å². The number of rotatable bonds is 1. The summed E-state index contributed by atoms with van der Waals surface area (Å²) in [6.07, 6.45) is 2.31. The molecule has 0 unspecified atom stereocenters. The number of halogens is 1. The number of benzene rings is 2. The highest BCUT2D eigenvalue weighted by Crippen LogP contribution is 2.29. The number of fused-ring (bicyclic) bond motifs is 2. The molecule has 0 radical (unpaired) electrons. The quantitative estimate of drug-likeness (QED) is 0.701. The van der Waals surface area contributed by atoms with Gasteiger partial charge in [0, 0.05) is 17.8 Å². The Kier molecular flexibility index (Phi) is 2.67. The molecule has 3 nitrogen and oxygen atoms in total. The van der Waals surface area contributed by atoms with E-state index in [9.17, 15) is 0 Å². The molecule has 1 aliphatic heterocycles. The first-order valence-electron chi connectivity index (χ1n) is 6.83. The first-order valence-corrected chi connectivity index (χ1v) is 7.20. The number of aromatic nitrogens is 2. The summed E-state index contributed by atoms with van der Waals surface area (Å²) in [5, 5.41) is 4.11. The largest absolute Gasteiger partial charge is 0.385 e. The van der Waals surface area contributed by atoms with Gasteiger partial charge >= 0.3 is 0 Å². The number of aromatic amines is 1. The number of nitrogens with one attached hydrogen (secondary N) is 2. The van der Waals surface area contributed by atoms with Crippen LogP contribution in [0.25, 0.3) is 22.4 Å². The summed E-state index contributed by atoms with van der Waals surface area (Å²) in [4.78, 5) is 7.97. The van der Waals surface area contributed by atoms with Crippen LogP contribution in [0.1, 0.15) is 12.0 Å². The van der Waals surface area contributed by atoms with Crippen molar-refractivity contribution in [3.63, 3.8) is 0 Å². The van der Waals surface area contributed by atoms with Crippen LogP contribution in [0.5, 0.6) is 0 Å². The molecule has 100 valence electrons. The molecule has 0 amide bonds. The van der Waals surface area contributed by atoms with Crippen molar-refractivity contribution in [1.29, 1.82) is 0 Å². The molecule has 3 aromatic rings. The summed E-state index contributed by atoms with van der Waals surface area (Å²) in [5.41, 5.74) is 5.53. The van der Waals surface area contributed by atoms with Gasteiger partial charge in [-0.25, -0.2) is 4.98 Å². The van der Waals surface area contributed by atoms with Crippen molar-refractivity contribution in [3.05, 3.63) is 47.0 Å². The van der Waals surface area contributed by atoms with Gasteiger partial charge in [0.05, 0.1) is 10.5 Å². The molecule has 2 N–H and O–H groups in total. The summed E-state index contributed by atoms with van der Waals surface area (Å²) in [6.45, 7) is 1.06. The highest BCUT2D eigenvalue weighted by molar-refractivity contribution is 6.35. The van der Waals surface area contributed by atoms with E-state index in [0.29, 0.717) is 5.02 Å². The van der Waals surface area contributed by atoms with Gasteiger partial charge in [-0.1, -0.05) is 17.7 Å². The van der Waals surface area contributed by atoms with Crippen LogP contribution < -0.4 is 5.32 Å².